The van der Waals surface area contributed by atoms with Crippen LogP contribution in [0.1, 0.15) is 6.92 Å². The molecule has 1 atom stereocenters. The van der Waals surface area contributed by atoms with Crippen LogP contribution in [-0.2, 0) is 0 Å². The Balaban J connectivity index is 2.47. The molecule has 0 spiro atoms. The summed E-state index contributed by atoms with van der Waals surface area (Å²) in [5.74, 6) is 0.128. The zero-order chi connectivity index (χ0) is 9.42. The Bertz CT molecular complexity index is 341. The first-order valence-corrected chi connectivity index (χ1v) is 4.15. The topological polar surface area (TPSA) is 47.3 Å². The maximum atomic E-state index is 12.9. The van der Waals surface area contributed by atoms with E-state index in [4.69, 9.17) is 10.5 Å². The highest BCUT2D eigenvalue weighted by molar-refractivity contribution is 5.74. The average molecular weight is 182 g/mol. The van der Waals surface area contributed by atoms with E-state index in [1.54, 1.807) is 0 Å². The lowest BCUT2D eigenvalue weighted by atomic mass is 10.2. The molecule has 1 aliphatic rings. The molecule has 0 aliphatic carbocycles. The molecule has 1 unspecified atom stereocenters. The third-order valence-corrected chi connectivity index (χ3v) is 1.98. The van der Waals surface area contributed by atoms with Gasteiger partial charge in [-0.3, -0.25) is 0 Å². The number of nitrogen functional groups attached to an aromatic ring is 1. The highest BCUT2D eigenvalue weighted by Crippen LogP contribution is 2.34. The third-order valence-electron chi connectivity index (χ3n) is 1.98. The molecule has 13 heavy (non-hydrogen) atoms. The monoisotopic (exact) mass is 182 g/mol. The largest absolute Gasteiger partial charge is 0.489 e. The van der Waals surface area contributed by atoms with Crippen LogP contribution < -0.4 is 15.8 Å². The van der Waals surface area contributed by atoms with Crippen molar-refractivity contribution in [2.24, 2.45) is 0 Å². The molecule has 0 saturated carbocycles. The highest BCUT2D eigenvalue weighted by Gasteiger charge is 2.18. The van der Waals surface area contributed by atoms with E-state index in [2.05, 4.69) is 5.32 Å². The average Bonchev–Trinajstić information content (AvgIpc) is 2.06. The molecule has 0 radical (unpaired) electrons. The molecule has 3 nitrogen and oxygen atoms in total. The fraction of sp³-hybridized carbons (Fsp3) is 0.333. The second kappa shape index (κ2) is 2.80. The molecule has 1 aromatic rings. The number of ether oxygens (including phenoxy) is 1. The van der Waals surface area contributed by atoms with Crippen molar-refractivity contribution in [1.82, 2.24) is 0 Å². The molecule has 0 amide bonds. The van der Waals surface area contributed by atoms with Crippen LogP contribution in [0.25, 0.3) is 0 Å². The van der Waals surface area contributed by atoms with Crippen LogP contribution >= 0.6 is 0 Å². The molecule has 3 N–H and O–H groups in total. The van der Waals surface area contributed by atoms with Gasteiger partial charge in [0.15, 0.2) is 0 Å². The van der Waals surface area contributed by atoms with Crippen molar-refractivity contribution in [1.29, 1.82) is 0 Å². The highest BCUT2D eigenvalue weighted by atomic mass is 19.1. The summed E-state index contributed by atoms with van der Waals surface area (Å²) in [6.45, 7) is 2.52. The lowest BCUT2D eigenvalue weighted by Gasteiger charge is -2.25. The molecule has 0 aromatic heterocycles. The number of hydrogen-bond donors (Lipinski definition) is 2. The number of halogens is 1. The second-order valence-corrected chi connectivity index (χ2v) is 3.22. The van der Waals surface area contributed by atoms with E-state index >= 15 is 0 Å². The number of nitrogens with two attached hydrogens (primary N) is 1. The van der Waals surface area contributed by atoms with Crippen LogP contribution in [0.5, 0.6) is 5.75 Å². The van der Waals surface area contributed by atoms with Gasteiger partial charge >= 0.3 is 0 Å². The lowest BCUT2D eigenvalue weighted by molar-refractivity contribution is 0.290. The summed E-state index contributed by atoms with van der Waals surface area (Å²) in [5.41, 5.74) is 6.71. The summed E-state index contributed by atoms with van der Waals surface area (Å²) in [7, 11) is 0. The Labute approximate surface area is 75.7 Å². The Morgan fingerprint density at radius 3 is 3.15 bits per heavy atom. The van der Waals surface area contributed by atoms with Gasteiger partial charge in [-0.25, -0.2) is 4.39 Å². The molecule has 70 valence electrons. The first kappa shape index (κ1) is 8.16. The normalized spacial score (nSPS) is 20.0. The molecular weight excluding hydrogens is 171 g/mol. The summed E-state index contributed by atoms with van der Waals surface area (Å²) in [5, 5.41) is 3.14. The van der Waals surface area contributed by atoms with Crippen molar-refractivity contribution in [3.05, 3.63) is 17.9 Å². The van der Waals surface area contributed by atoms with Crippen molar-refractivity contribution in [3.63, 3.8) is 0 Å². The summed E-state index contributed by atoms with van der Waals surface area (Å²) in [6.07, 6.45) is 0. The number of rotatable bonds is 0. The van der Waals surface area contributed by atoms with E-state index in [1.807, 2.05) is 6.92 Å². The van der Waals surface area contributed by atoms with Crippen LogP contribution in [0.3, 0.4) is 0 Å². The number of benzene rings is 1. The van der Waals surface area contributed by atoms with Crippen LogP contribution in [0.2, 0.25) is 0 Å². The summed E-state index contributed by atoms with van der Waals surface area (Å²) in [4.78, 5) is 0. The number of anilines is 2. The molecule has 1 aliphatic heterocycles. The first-order chi connectivity index (χ1) is 6.16. The van der Waals surface area contributed by atoms with Gasteiger partial charge in [-0.15, -0.1) is 0 Å². The van der Waals surface area contributed by atoms with Crippen LogP contribution in [-0.4, -0.2) is 12.6 Å². The number of hydrogen-bond acceptors (Lipinski definition) is 3. The maximum absolute atomic E-state index is 12.9. The Hall–Kier alpha value is -1.45. The van der Waals surface area contributed by atoms with E-state index in [0.29, 0.717) is 23.7 Å². The van der Waals surface area contributed by atoms with Crippen LogP contribution in [0.4, 0.5) is 15.8 Å². The van der Waals surface area contributed by atoms with Crippen molar-refractivity contribution >= 4 is 11.4 Å². The Morgan fingerprint density at radius 1 is 1.62 bits per heavy atom. The van der Waals surface area contributed by atoms with E-state index in [1.165, 1.54) is 12.1 Å². The minimum atomic E-state index is -0.368. The zero-order valence-corrected chi connectivity index (χ0v) is 7.30. The van der Waals surface area contributed by atoms with Crippen molar-refractivity contribution in [2.75, 3.05) is 17.7 Å². The van der Waals surface area contributed by atoms with Gasteiger partial charge in [-0.2, -0.15) is 0 Å². The Kier molecular flexibility index (Phi) is 1.76. The minimum Gasteiger partial charge on any atom is -0.489 e. The molecule has 2 rings (SSSR count). The number of fused-ring (bicyclic) bond motifs is 1. The van der Waals surface area contributed by atoms with Crippen molar-refractivity contribution < 1.29 is 9.13 Å². The number of nitrogens with one attached hydrogen (secondary N) is 1. The predicted molar refractivity (Wildman–Crippen MR) is 49.4 cm³/mol. The molecular formula is C9H11FN2O. The molecule has 0 bridgehead atoms. The van der Waals surface area contributed by atoms with Gasteiger partial charge in [0.2, 0.25) is 0 Å². The van der Waals surface area contributed by atoms with E-state index < -0.39 is 0 Å². The fourth-order valence-corrected chi connectivity index (χ4v) is 1.37. The summed E-state index contributed by atoms with van der Waals surface area (Å²) < 4.78 is 18.2. The molecule has 4 heteroatoms. The van der Waals surface area contributed by atoms with Gasteiger partial charge in [0.1, 0.15) is 23.9 Å². The van der Waals surface area contributed by atoms with Gasteiger partial charge < -0.3 is 15.8 Å². The van der Waals surface area contributed by atoms with Crippen molar-refractivity contribution in [2.45, 2.75) is 13.0 Å². The fourth-order valence-electron chi connectivity index (χ4n) is 1.37. The molecule has 0 fully saturated rings. The molecule has 1 heterocycles. The van der Waals surface area contributed by atoms with Gasteiger partial charge in [-0.1, -0.05) is 0 Å². The maximum Gasteiger partial charge on any atom is 0.147 e. The van der Waals surface area contributed by atoms with E-state index in [0.717, 1.165) is 0 Å². The summed E-state index contributed by atoms with van der Waals surface area (Å²) >= 11 is 0. The third kappa shape index (κ3) is 1.39. The molecule has 0 saturated heterocycles. The van der Waals surface area contributed by atoms with Crippen LogP contribution in [0.15, 0.2) is 12.1 Å². The smallest absolute Gasteiger partial charge is 0.147 e. The zero-order valence-electron chi connectivity index (χ0n) is 7.30. The van der Waals surface area contributed by atoms with Crippen molar-refractivity contribution in [3.8, 4) is 5.75 Å². The second-order valence-electron chi connectivity index (χ2n) is 3.22. The SMILES string of the molecule is CC1COc2cc(F)cc(N)c2N1. The van der Waals surface area contributed by atoms with Gasteiger partial charge in [-0.05, 0) is 13.0 Å². The standard InChI is InChI=1S/C9H11FN2O/c1-5-4-13-8-3-6(10)2-7(11)9(8)12-5/h2-3,5,12H,4,11H2,1H3. The van der Waals surface area contributed by atoms with Gasteiger partial charge in [0.05, 0.1) is 11.7 Å². The van der Waals surface area contributed by atoms with Gasteiger partial charge in [0.25, 0.3) is 0 Å². The minimum absolute atomic E-state index is 0.209. The Morgan fingerprint density at radius 2 is 2.38 bits per heavy atom. The quantitative estimate of drug-likeness (QED) is 0.599. The first-order valence-electron chi connectivity index (χ1n) is 4.15. The van der Waals surface area contributed by atoms with Crippen LogP contribution in [0, 0.1) is 5.82 Å². The lowest BCUT2D eigenvalue weighted by Crippen LogP contribution is -2.28. The molecule has 1 aromatic carbocycles. The van der Waals surface area contributed by atoms with Gasteiger partial charge in [0, 0.05) is 6.07 Å². The summed E-state index contributed by atoms with van der Waals surface area (Å²) in [6, 6.07) is 2.83. The van der Waals surface area contributed by atoms with E-state index in [-0.39, 0.29) is 11.9 Å². The predicted octanol–water partition coefficient (Wildman–Crippen LogP) is 1.60. The van der Waals surface area contributed by atoms with E-state index in [9.17, 15) is 4.39 Å².